The monoisotopic (exact) mass is 383 g/mol. The van der Waals surface area contributed by atoms with Crippen molar-refractivity contribution in [3.8, 4) is 17.0 Å². The van der Waals surface area contributed by atoms with Crippen LogP contribution >= 0.6 is 0 Å². The highest BCUT2D eigenvalue weighted by Gasteiger charge is 2.17. The van der Waals surface area contributed by atoms with Gasteiger partial charge in [0, 0.05) is 40.2 Å². The molecule has 1 aromatic heterocycles. The lowest BCUT2D eigenvalue weighted by Crippen LogP contribution is -2.14. The topological polar surface area (TPSA) is 67.1 Å². The fourth-order valence-electron chi connectivity index (χ4n) is 3.20. The number of rotatable bonds is 7. The van der Waals surface area contributed by atoms with Crippen LogP contribution in [-0.2, 0) is 17.5 Å². The number of hydrogen-bond acceptors (Lipinski definition) is 3. The Morgan fingerprint density at radius 1 is 1.22 bits per heavy atom. The normalized spacial score (nSPS) is 12.3. The molecule has 0 aliphatic carbocycles. The standard InChI is InChI=1S/C21H25N3O2S/c1-5-24-20-11-10-17(26-4)12-18(20)19(13-22)21(24)15-6-8-16(9-7-15)23-27(25)14(2)3/h6-14,22-23H,5H2,1-4H3. The number of fused-ring (bicyclic) bond motifs is 1. The highest BCUT2D eigenvalue weighted by molar-refractivity contribution is 7.86. The van der Waals surface area contributed by atoms with Crippen LogP contribution in [0.25, 0.3) is 22.2 Å². The van der Waals surface area contributed by atoms with Crippen LogP contribution in [0.1, 0.15) is 26.3 Å². The summed E-state index contributed by atoms with van der Waals surface area (Å²) in [6.07, 6.45) is 1.41. The Morgan fingerprint density at radius 3 is 2.48 bits per heavy atom. The Hall–Kier alpha value is -2.60. The van der Waals surface area contributed by atoms with Gasteiger partial charge in [-0.1, -0.05) is 12.1 Å². The van der Waals surface area contributed by atoms with E-state index in [9.17, 15) is 4.21 Å². The van der Waals surface area contributed by atoms with Gasteiger partial charge in [-0.2, -0.15) is 0 Å². The molecule has 1 heterocycles. The van der Waals surface area contributed by atoms with E-state index in [-0.39, 0.29) is 5.25 Å². The first-order valence-electron chi connectivity index (χ1n) is 8.98. The van der Waals surface area contributed by atoms with E-state index in [2.05, 4.69) is 16.2 Å². The van der Waals surface area contributed by atoms with Crippen LogP contribution in [0.15, 0.2) is 42.5 Å². The fourth-order valence-corrected chi connectivity index (χ4v) is 3.81. The average molecular weight is 384 g/mol. The summed E-state index contributed by atoms with van der Waals surface area (Å²) in [5.74, 6) is 0.779. The van der Waals surface area contributed by atoms with E-state index < -0.39 is 11.0 Å². The van der Waals surface area contributed by atoms with Crippen LogP contribution in [-0.4, -0.2) is 27.4 Å². The Bertz CT molecular complexity index is 991. The summed E-state index contributed by atoms with van der Waals surface area (Å²) in [6, 6.07) is 13.8. The maximum Gasteiger partial charge on any atom is 0.119 e. The van der Waals surface area contributed by atoms with Gasteiger partial charge in [0.05, 0.1) is 12.8 Å². The van der Waals surface area contributed by atoms with Gasteiger partial charge >= 0.3 is 0 Å². The molecule has 3 rings (SSSR count). The molecule has 0 spiro atoms. The Balaban J connectivity index is 2.10. The van der Waals surface area contributed by atoms with E-state index in [1.807, 2.05) is 56.3 Å². The second-order valence-corrected chi connectivity index (χ2v) is 8.30. The van der Waals surface area contributed by atoms with Crippen LogP contribution in [0.3, 0.4) is 0 Å². The van der Waals surface area contributed by atoms with Gasteiger partial charge in [0.1, 0.15) is 16.7 Å². The lowest BCUT2D eigenvalue weighted by atomic mass is 10.1. The second-order valence-electron chi connectivity index (χ2n) is 6.56. The largest absolute Gasteiger partial charge is 0.497 e. The molecule has 0 saturated heterocycles. The maximum absolute atomic E-state index is 12.0. The van der Waals surface area contributed by atoms with Gasteiger partial charge in [-0.05, 0) is 56.7 Å². The number of nitrogens with zero attached hydrogens (tertiary/aromatic N) is 1. The van der Waals surface area contributed by atoms with E-state index in [0.717, 1.165) is 45.7 Å². The average Bonchev–Trinajstić information content (AvgIpc) is 3.00. The number of methoxy groups -OCH3 is 1. The molecule has 27 heavy (non-hydrogen) atoms. The predicted molar refractivity (Wildman–Crippen MR) is 114 cm³/mol. The van der Waals surface area contributed by atoms with Crippen molar-refractivity contribution in [1.29, 1.82) is 5.41 Å². The molecule has 3 aromatic rings. The molecule has 0 radical (unpaired) electrons. The zero-order valence-corrected chi connectivity index (χ0v) is 16.9. The first-order valence-corrected chi connectivity index (χ1v) is 10.2. The molecule has 0 saturated carbocycles. The maximum atomic E-state index is 12.0. The number of aromatic nitrogens is 1. The molecule has 0 amide bonds. The van der Waals surface area contributed by atoms with E-state index in [0.29, 0.717) is 0 Å². The third kappa shape index (κ3) is 3.62. The van der Waals surface area contributed by atoms with Crippen LogP contribution in [0.4, 0.5) is 5.69 Å². The van der Waals surface area contributed by atoms with Gasteiger partial charge in [-0.3, -0.25) is 0 Å². The number of aryl methyl sites for hydroxylation is 1. The molecule has 1 atom stereocenters. The van der Waals surface area contributed by atoms with Gasteiger partial charge < -0.3 is 19.4 Å². The Morgan fingerprint density at radius 2 is 1.93 bits per heavy atom. The smallest absolute Gasteiger partial charge is 0.119 e. The Kier molecular flexibility index (Phi) is 5.65. The van der Waals surface area contributed by atoms with Gasteiger partial charge in [0.2, 0.25) is 0 Å². The predicted octanol–water partition coefficient (Wildman–Crippen LogP) is 4.82. The number of nitrogens with one attached hydrogen (secondary N) is 2. The van der Waals surface area contributed by atoms with Crippen molar-refractivity contribution in [1.82, 2.24) is 4.57 Å². The number of anilines is 1. The van der Waals surface area contributed by atoms with Gasteiger partial charge in [0.15, 0.2) is 0 Å². The summed E-state index contributed by atoms with van der Waals surface area (Å²) in [5.41, 5.74) is 4.80. The molecule has 2 N–H and O–H groups in total. The lowest BCUT2D eigenvalue weighted by Gasteiger charge is -2.12. The zero-order valence-electron chi connectivity index (χ0n) is 16.1. The van der Waals surface area contributed by atoms with E-state index in [1.54, 1.807) is 7.11 Å². The third-order valence-electron chi connectivity index (χ3n) is 4.58. The highest BCUT2D eigenvalue weighted by Crippen LogP contribution is 2.35. The van der Waals surface area contributed by atoms with Crippen molar-refractivity contribution in [2.45, 2.75) is 32.6 Å². The SMILES string of the molecule is CCn1c(-c2ccc(NS(=O)C(C)C)cc2)c(C=N)c2cc(OC)ccc21. The first kappa shape index (κ1) is 19.2. The lowest BCUT2D eigenvalue weighted by molar-refractivity contribution is 0.415. The summed E-state index contributed by atoms with van der Waals surface area (Å²) in [5, 5.41) is 9.03. The summed E-state index contributed by atoms with van der Waals surface area (Å²) in [4.78, 5) is 0. The molecule has 0 bridgehead atoms. The van der Waals surface area contributed by atoms with Crippen molar-refractivity contribution in [2.24, 2.45) is 0 Å². The van der Waals surface area contributed by atoms with Crippen LogP contribution in [0.2, 0.25) is 0 Å². The van der Waals surface area contributed by atoms with Crippen LogP contribution in [0, 0.1) is 5.41 Å². The number of benzene rings is 2. The minimum Gasteiger partial charge on any atom is -0.497 e. The first-order chi connectivity index (χ1) is 13.0. The van der Waals surface area contributed by atoms with Crippen molar-refractivity contribution in [3.05, 3.63) is 48.0 Å². The van der Waals surface area contributed by atoms with Crippen LogP contribution in [0.5, 0.6) is 5.75 Å². The molecule has 5 nitrogen and oxygen atoms in total. The van der Waals surface area contributed by atoms with Crippen molar-refractivity contribution >= 4 is 33.8 Å². The molecule has 0 aliphatic rings. The molecule has 0 fully saturated rings. The molecule has 0 aliphatic heterocycles. The molecule has 142 valence electrons. The van der Waals surface area contributed by atoms with Gasteiger partial charge in [-0.15, -0.1) is 0 Å². The Labute approximate surface area is 162 Å². The van der Waals surface area contributed by atoms with E-state index in [4.69, 9.17) is 10.1 Å². The summed E-state index contributed by atoms with van der Waals surface area (Å²) < 4.78 is 22.6. The molecule has 6 heteroatoms. The quantitative estimate of drug-likeness (QED) is 0.575. The van der Waals surface area contributed by atoms with Gasteiger partial charge in [-0.25, -0.2) is 4.21 Å². The molecule has 1 unspecified atom stereocenters. The molecular formula is C21H25N3O2S. The minimum atomic E-state index is -1.11. The number of ether oxygens (including phenoxy) is 1. The van der Waals surface area contributed by atoms with Crippen molar-refractivity contribution in [2.75, 3.05) is 11.8 Å². The highest BCUT2D eigenvalue weighted by atomic mass is 32.2. The van der Waals surface area contributed by atoms with Crippen LogP contribution < -0.4 is 9.46 Å². The van der Waals surface area contributed by atoms with Crippen molar-refractivity contribution < 1.29 is 8.95 Å². The summed E-state index contributed by atoms with van der Waals surface area (Å²) in [7, 11) is 0.541. The molecule has 2 aromatic carbocycles. The molecular weight excluding hydrogens is 358 g/mol. The number of hydrogen-bond donors (Lipinski definition) is 2. The van der Waals surface area contributed by atoms with Crippen molar-refractivity contribution in [3.63, 3.8) is 0 Å². The summed E-state index contributed by atoms with van der Waals surface area (Å²) in [6.45, 7) is 6.73. The second kappa shape index (κ2) is 7.96. The fraction of sp³-hybridized carbons (Fsp3) is 0.286. The van der Waals surface area contributed by atoms with E-state index >= 15 is 0 Å². The minimum absolute atomic E-state index is 0.0480. The summed E-state index contributed by atoms with van der Waals surface area (Å²) >= 11 is 0. The zero-order chi connectivity index (χ0) is 19.6. The van der Waals surface area contributed by atoms with E-state index in [1.165, 1.54) is 6.21 Å². The van der Waals surface area contributed by atoms with Gasteiger partial charge in [0.25, 0.3) is 0 Å². The third-order valence-corrected chi connectivity index (χ3v) is 5.87.